The van der Waals surface area contributed by atoms with E-state index in [9.17, 15) is 4.79 Å². The number of rotatable bonds is 1. The van der Waals surface area contributed by atoms with Crippen LogP contribution in [0.5, 0.6) is 0 Å². The largest absolute Gasteiger partial charge is 0.870 e. The number of allylic oxidation sites excluding steroid dienone is 1. The molecule has 7 nitrogen and oxygen atoms in total. The SMILES string of the molecule is CC1=C2C(=O)N(c3ccc(Cl)nc3)[NH2+]N2c2ccccc2N1.[OH-]. The lowest BCUT2D eigenvalue weighted by Crippen LogP contribution is -2.98. The zero-order valence-electron chi connectivity index (χ0n) is 12.2. The lowest BCUT2D eigenvalue weighted by Gasteiger charge is -2.24. The molecule has 1 aromatic carbocycles. The van der Waals surface area contributed by atoms with Crippen molar-refractivity contribution < 1.29 is 15.8 Å². The second-order valence-electron chi connectivity index (χ2n) is 5.12. The van der Waals surface area contributed by atoms with Gasteiger partial charge in [0.15, 0.2) is 5.70 Å². The number of benzene rings is 1. The van der Waals surface area contributed by atoms with Gasteiger partial charge in [0, 0.05) is 5.70 Å². The van der Waals surface area contributed by atoms with Gasteiger partial charge in [-0.2, -0.15) is 5.01 Å². The van der Waals surface area contributed by atoms with E-state index in [1.165, 1.54) is 0 Å². The Bertz CT molecular complexity index is 806. The van der Waals surface area contributed by atoms with Crippen LogP contribution >= 0.6 is 11.6 Å². The van der Waals surface area contributed by atoms with E-state index in [1.54, 1.807) is 28.9 Å². The maximum atomic E-state index is 12.7. The maximum absolute atomic E-state index is 12.7. The average molecular weight is 332 g/mol. The maximum Gasteiger partial charge on any atom is 0.329 e. The molecule has 0 atom stereocenters. The zero-order chi connectivity index (χ0) is 15.3. The third-order valence-corrected chi connectivity index (χ3v) is 3.95. The molecule has 4 rings (SSSR count). The van der Waals surface area contributed by atoms with Crippen molar-refractivity contribution in [3.05, 3.63) is 59.1 Å². The number of amides is 1. The summed E-state index contributed by atoms with van der Waals surface area (Å²) in [6.07, 6.45) is 1.59. The van der Waals surface area contributed by atoms with Gasteiger partial charge in [-0.05, 0) is 31.2 Å². The monoisotopic (exact) mass is 331 g/mol. The van der Waals surface area contributed by atoms with E-state index in [4.69, 9.17) is 11.6 Å². The number of hydrogen-bond donors (Lipinski definition) is 2. The van der Waals surface area contributed by atoms with Crippen LogP contribution in [0, 0.1) is 0 Å². The first-order valence-electron chi connectivity index (χ1n) is 6.81. The molecule has 23 heavy (non-hydrogen) atoms. The number of nitrogens with one attached hydrogen (secondary N) is 1. The Kier molecular flexibility index (Phi) is 3.69. The van der Waals surface area contributed by atoms with Crippen molar-refractivity contribution in [3.8, 4) is 0 Å². The van der Waals surface area contributed by atoms with Crippen molar-refractivity contribution in [2.75, 3.05) is 15.3 Å². The number of carbonyl (C=O) groups excluding carboxylic acids is 1. The molecule has 1 amide bonds. The lowest BCUT2D eigenvalue weighted by atomic mass is 10.1. The van der Waals surface area contributed by atoms with Gasteiger partial charge in [0.05, 0.1) is 11.9 Å². The van der Waals surface area contributed by atoms with Crippen molar-refractivity contribution in [1.29, 1.82) is 0 Å². The van der Waals surface area contributed by atoms with Crippen LogP contribution in [0.25, 0.3) is 0 Å². The van der Waals surface area contributed by atoms with E-state index < -0.39 is 0 Å². The first kappa shape index (κ1) is 15.3. The van der Waals surface area contributed by atoms with Gasteiger partial charge in [-0.15, -0.1) is 10.5 Å². The van der Waals surface area contributed by atoms with Gasteiger partial charge in [0.25, 0.3) is 0 Å². The average Bonchev–Trinajstić information content (AvgIpc) is 2.87. The van der Waals surface area contributed by atoms with Crippen LogP contribution in [0.15, 0.2) is 54.0 Å². The molecule has 2 aliphatic heterocycles. The molecule has 2 aliphatic rings. The Morgan fingerprint density at radius 3 is 2.70 bits per heavy atom. The third kappa shape index (κ3) is 2.31. The van der Waals surface area contributed by atoms with E-state index in [0.29, 0.717) is 16.5 Å². The number of hydrogen-bond acceptors (Lipinski definition) is 5. The van der Waals surface area contributed by atoms with Crippen LogP contribution in [-0.2, 0) is 4.79 Å². The Balaban J connectivity index is 0.00000156. The summed E-state index contributed by atoms with van der Waals surface area (Å²) in [7, 11) is 0. The molecule has 8 heteroatoms. The minimum absolute atomic E-state index is 0. The molecule has 0 unspecified atom stereocenters. The molecule has 0 aliphatic carbocycles. The first-order valence-corrected chi connectivity index (χ1v) is 7.19. The highest BCUT2D eigenvalue weighted by Crippen LogP contribution is 2.35. The number of quaternary nitrogens is 1. The van der Waals surface area contributed by atoms with Gasteiger partial charge < -0.3 is 10.8 Å². The van der Waals surface area contributed by atoms with E-state index in [0.717, 1.165) is 17.1 Å². The molecule has 0 saturated carbocycles. The van der Waals surface area contributed by atoms with Crippen LogP contribution in [0.1, 0.15) is 6.92 Å². The number of para-hydroxylation sites is 2. The van der Waals surface area contributed by atoms with Crippen molar-refractivity contribution in [1.82, 2.24) is 4.98 Å². The van der Waals surface area contributed by atoms with Crippen LogP contribution in [0.2, 0.25) is 5.15 Å². The molecule has 3 heterocycles. The number of fused-ring (bicyclic) bond motifs is 3. The van der Waals surface area contributed by atoms with Crippen LogP contribution in [-0.4, -0.2) is 16.4 Å². The Morgan fingerprint density at radius 2 is 1.96 bits per heavy atom. The molecule has 0 bridgehead atoms. The number of anilines is 3. The highest BCUT2D eigenvalue weighted by Gasteiger charge is 2.43. The standard InChI is InChI=1S/C15H12ClN5O.H2O/c1-9-14-15(22)20(10-6-7-13(16)17-8-10)19-21(14)12-5-3-2-4-11(12)18-9;/h2-8,18-19H,1H3;1H2. The quantitative estimate of drug-likeness (QED) is 0.468. The van der Waals surface area contributed by atoms with Crippen LogP contribution < -0.4 is 20.9 Å². The summed E-state index contributed by atoms with van der Waals surface area (Å²) in [6, 6.07) is 11.3. The lowest BCUT2D eigenvalue weighted by molar-refractivity contribution is -0.653. The smallest absolute Gasteiger partial charge is 0.329 e. The van der Waals surface area contributed by atoms with E-state index in [2.05, 4.69) is 10.3 Å². The van der Waals surface area contributed by atoms with Gasteiger partial charge in [-0.25, -0.2) is 4.98 Å². The Hall–Kier alpha value is -2.61. The molecule has 1 fully saturated rings. The minimum atomic E-state index is -0.0939. The highest BCUT2D eigenvalue weighted by molar-refractivity contribution is 6.29. The third-order valence-electron chi connectivity index (χ3n) is 3.72. The fourth-order valence-electron chi connectivity index (χ4n) is 2.71. The second-order valence-corrected chi connectivity index (χ2v) is 5.50. The summed E-state index contributed by atoms with van der Waals surface area (Å²) in [5, 5.41) is 7.15. The molecule has 118 valence electrons. The summed E-state index contributed by atoms with van der Waals surface area (Å²) in [5.41, 5.74) is 5.83. The second kappa shape index (κ2) is 5.54. The van der Waals surface area contributed by atoms with Crippen molar-refractivity contribution >= 4 is 34.6 Å². The molecule has 0 radical (unpaired) electrons. The Labute approximate surface area is 137 Å². The fourth-order valence-corrected chi connectivity index (χ4v) is 2.82. The number of nitrogens with two attached hydrogens (primary N) is 1. The minimum Gasteiger partial charge on any atom is -0.870 e. The summed E-state index contributed by atoms with van der Waals surface area (Å²) >= 11 is 5.81. The fraction of sp³-hybridized carbons (Fsp3) is 0.0667. The first-order chi connectivity index (χ1) is 10.6. The van der Waals surface area contributed by atoms with Crippen molar-refractivity contribution in [2.45, 2.75) is 6.92 Å². The number of pyridine rings is 1. The van der Waals surface area contributed by atoms with Crippen molar-refractivity contribution in [2.24, 2.45) is 0 Å². The Morgan fingerprint density at radius 1 is 1.17 bits per heavy atom. The van der Waals surface area contributed by atoms with E-state index in [1.807, 2.05) is 36.2 Å². The van der Waals surface area contributed by atoms with Crippen molar-refractivity contribution in [3.63, 3.8) is 0 Å². The van der Waals surface area contributed by atoms with E-state index >= 15 is 0 Å². The summed E-state index contributed by atoms with van der Waals surface area (Å²) in [6.45, 7) is 1.90. The predicted molar refractivity (Wildman–Crippen MR) is 85.8 cm³/mol. The number of nitrogens with zero attached hydrogens (tertiary/aromatic N) is 3. The highest BCUT2D eigenvalue weighted by atomic mass is 35.5. The van der Waals surface area contributed by atoms with Crippen LogP contribution in [0.3, 0.4) is 0 Å². The summed E-state index contributed by atoms with van der Waals surface area (Å²) in [4.78, 5) is 16.8. The molecular formula is C15H14ClN5O2. The number of aromatic nitrogens is 1. The van der Waals surface area contributed by atoms with Gasteiger partial charge >= 0.3 is 5.91 Å². The molecular weight excluding hydrogens is 318 g/mol. The summed E-state index contributed by atoms with van der Waals surface area (Å²) in [5.74, 6) is -0.0939. The number of carbonyl (C=O) groups is 1. The predicted octanol–water partition coefficient (Wildman–Crippen LogP) is 1.46. The molecule has 0 spiro atoms. The molecule has 4 N–H and O–H groups in total. The van der Waals surface area contributed by atoms with Gasteiger partial charge in [-0.1, -0.05) is 23.7 Å². The normalized spacial score (nSPS) is 15.8. The molecule has 2 aromatic rings. The van der Waals surface area contributed by atoms with Crippen LogP contribution in [0.4, 0.5) is 17.1 Å². The van der Waals surface area contributed by atoms with Gasteiger partial charge in [0.2, 0.25) is 0 Å². The number of halogens is 1. The summed E-state index contributed by atoms with van der Waals surface area (Å²) < 4.78 is 0. The van der Waals surface area contributed by atoms with Gasteiger partial charge in [-0.3, -0.25) is 4.79 Å². The van der Waals surface area contributed by atoms with Gasteiger partial charge in [0.1, 0.15) is 16.5 Å². The zero-order valence-corrected chi connectivity index (χ0v) is 12.9. The molecule has 1 saturated heterocycles. The molecule has 1 aromatic heterocycles. The van der Waals surface area contributed by atoms with E-state index in [-0.39, 0.29) is 11.4 Å². The topological polar surface area (TPSA) is 95.1 Å².